The molecule has 1 amide bonds. The highest BCUT2D eigenvalue weighted by Gasteiger charge is 2.19. The van der Waals surface area contributed by atoms with Gasteiger partial charge in [0.05, 0.1) is 23.1 Å². The third-order valence-corrected chi connectivity index (χ3v) is 5.67. The highest BCUT2D eigenvalue weighted by Crippen LogP contribution is 2.27. The third kappa shape index (κ3) is 3.44. The summed E-state index contributed by atoms with van der Waals surface area (Å²) in [5.41, 5.74) is 3.02. The number of benzene rings is 1. The van der Waals surface area contributed by atoms with Gasteiger partial charge in [-0.3, -0.25) is 19.1 Å². The van der Waals surface area contributed by atoms with Gasteiger partial charge in [0.15, 0.2) is 0 Å². The smallest absolute Gasteiger partial charge is 0.266 e. The number of hydrogen-bond acceptors (Lipinski definition) is 5. The molecular weight excluding hydrogens is 372 g/mol. The van der Waals surface area contributed by atoms with Gasteiger partial charge < -0.3 is 5.32 Å². The second kappa shape index (κ2) is 7.36. The summed E-state index contributed by atoms with van der Waals surface area (Å²) in [6, 6.07) is 13.3. The molecule has 0 aliphatic heterocycles. The molecule has 0 fully saturated rings. The minimum absolute atomic E-state index is 0.138. The predicted molar refractivity (Wildman–Crippen MR) is 111 cm³/mol. The number of aryl methyl sites for hydroxylation is 2. The van der Waals surface area contributed by atoms with Crippen molar-refractivity contribution >= 4 is 33.1 Å². The molecule has 1 aromatic carbocycles. The molecular formula is C21H18N4O2S. The van der Waals surface area contributed by atoms with Gasteiger partial charge in [-0.1, -0.05) is 30.3 Å². The van der Waals surface area contributed by atoms with E-state index in [4.69, 9.17) is 0 Å². The first kappa shape index (κ1) is 18.1. The lowest BCUT2D eigenvalue weighted by molar-refractivity contribution is 0.103. The molecule has 3 aromatic heterocycles. The number of aromatic nitrogens is 3. The molecule has 4 aromatic rings. The zero-order valence-electron chi connectivity index (χ0n) is 15.5. The summed E-state index contributed by atoms with van der Waals surface area (Å²) in [5.74, 6) is -0.250. The fourth-order valence-electron chi connectivity index (χ4n) is 3.08. The van der Waals surface area contributed by atoms with Gasteiger partial charge in [-0.25, -0.2) is 4.98 Å². The number of nitrogens with zero attached hydrogens (tertiary/aromatic N) is 3. The van der Waals surface area contributed by atoms with Gasteiger partial charge >= 0.3 is 0 Å². The van der Waals surface area contributed by atoms with Crippen molar-refractivity contribution in [3.63, 3.8) is 0 Å². The molecule has 4 rings (SSSR count). The molecule has 0 unspecified atom stereocenters. The van der Waals surface area contributed by atoms with Gasteiger partial charge in [0, 0.05) is 17.6 Å². The van der Waals surface area contributed by atoms with Crippen molar-refractivity contribution in [2.45, 2.75) is 20.4 Å². The SMILES string of the molecule is Cc1cc(NC(=O)c2sc3ncn(Cc4ccccc4)c(=O)c3c2C)ccn1. The van der Waals surface area contributed by atoms with E-state index in [-0.39, 0.29) is 11.5 Å². The monoisotopic (exact) mass is 390 g/mol. The maximum Gasteiger partial charge on any atom is 0.266 e. The fourth-order valence-corrected chi connectivity index (χ4v) is 4.11. The zero-order chi connectivity index (χ0) is 19.7. The number of thiophene rings is 1. The molecule has 0 saturated carbocycles. The number of pyridine rings is 1. The highest BCUT2D eigenvalue weighted by molar-refractivity contribution is 7.20. The maximum absolute atomic E-state index is 13.0. The Morgan fingerprint density at radius 1 is 1.14 bits per heavy atom. The number of fused-ring (bicyclic) bond motifs is 1. The Hall–Kier alpha value is -3.32. The van der Waals surface area contributed by atoms with Crippen LogP contribution in [0.3, 0.4) is 0 Å². The molecule has 6 nitrogen and oxygen atoms in total. The van der Waals surface area contributed by atoms with Gasteiger partial charge in [0.1, 0.15) is 4.83 Å². The van der Waals surface area contributed by atoms with Crippen LogP contribution in [0.25, 0.3) is 10.2 Å². The van der Waals surface area contributed by atoms with Gasteiger partial charge in [-0.2, -0.15) is 0 Å². The van der Waals surface area contributed by atoms with E-state index in [0.29, 0.717) is 32.9 Å². The Bertz CT molecular complexity index is 1230. The van der Waals surface area contributed by atoms with Crippen molar-refractivity contribution < 1.29 is 4.79 Å². The van der Waals surface area contributed by atoms with Crippen molar-refractivity contribution in [3.8, 4) is 0 Å². The van der Waals surface area contributed by atoms with E-state index in [9.17, 15) is 9.59 Å². The lowest BCUT2D eigenvalue weighted by Crippen LogP contribution is -2.21. The first-order valence-corrected chi connectivity index (χ1v) is 9.61. The van der Waals surface area contributed by atoms with Crippen LogP contribution in [0.15, 0.2) is 59.8 Å². The maximum atomic E-state index is 13.0. The molecule has 0 aliphatic rings. The average molecular weight is 390 g/mol. The Kier molecular flexibility index (Phi) is 4.75. The fraction of sp³-hybridized carbons (Fsp3) is 0.143. The lowest BCUT2D eigenvalue weighted by atomic mass is 10.2. The summed E-state index contributed by atoms with van der Waals surface area (Å²) < 4.78 is 1.57. The van der Waals surface area contributed by atoms with E-state index in [2.05, 4.69) is 15.3 Å². The quantitative estimate of drug-likeness (QED) is 0.575. The largest absolute Gasteiger partial charge is 0.321 e. The molecule has 0 bridgehead atoms. The van der Waals surface area contributed by atoms with Crippen LogP contribution in [0.5, 0.6) is 0 Å². The number of carbonyl (C=O) groups excluding carboxylic acids is 1. The van der Waals surface area contributed by atoms with Crippen LogP contribution >= 0.6 is 11.3 Å². The van der Waals surface area contributed by atoms with Crippen LogP contribution in [-0.2, 0) is 6.54 Å². The first-order chi connectivity index (χ1) is 13.5. The van der Waals surface area contributed by atoms with Crippen molar-refractivity contribution in [2.24, 2.45) is 0 Å². The van der Waals surface area contributed by atoms with Crippen molar-refractivity contribution in [2.75, 3.05) is 5.32 Å². The van der Waals surface area contributed by atoms with Crippen LogP contribution in [0, 0.1) is 13.8 Å². The molecule has 0 aliphatic carbocycles. The Morgan fingerprint density at radius 2 is 1.93 bits per heavy atom. The molecule has 0 atom stereocenters. The molecule has 0 radical (unpaired) electrons. The second-order valence-electron chi connectivity index (χ2n) is 6.54. The number of rotatable bonds is 4. The molecule has 140 valence electrons. The van der Waals surface area contributed by atoms with Crippen molar-refractivity contribution in [3.05, 3.63) is 87.0 Å². The number of anilines is 1. The summed E-state index contributed by atoms with van der Waals surface area (Å²) in [7, 11) is 0. The Morgan fingerprint density at radius 3 is 2.68 bits per heavy atom. The topological polar surface area (TPSA) is 76.9 Å². The Balaban J connectivity index is 1.69. The summed E-state index contributed by atoms with van der Waals surface area (Å²) >= 11 is 1.23. The molecule has 3 heterocycles. The predicted octanol–water partition coefficient (Wildman–Crippen LogP) is 3.77. The van der Waals surface area contributed by atoms with Gasteiger partial charge in [0.25, 0.3) is 11.5 Å². The highest BCUT2D eigenvalue weighted by atomic mass is 32.1. The normalized spacial score (nSPS) is 10.9. The van der Waals surface area contributed by atoms with E-state index in [1.807, 2.05) is 37.3 Å². The van der Waals surface area contributed by atoms with E-state index in [1.165, 1.54) is 11.3 Å². The van der Waals surface area contributed by atoms with E-state index < -0.39 is 0 Å². The van der Waals surface area contributed by atoms with Crippen molar-refractivity contribution in [1.82, 2.24) is 14.5 Å². The van der Waals surface area contributed by atoms with Crippen LogP contribution in [0.1, 0.15) is 26.5 Å². The standard InChI is InChI=1S/C21H18N4O2S/c1-13-10-16(8-9-22-13)24-19(26)18-14(2)17-20(28-18)23-12-25(21(17)27)11-15-6-4-3-5-7-15/h3-10,12H,11H2,1-2H3,(H,22,24,26). The first-order valence-electron chi connectivity index (χ1n) is 8.79. The summed E-state index contributed by atoms with van der Waals surface area (Å²) in [6.45, 7) is 4.09. The number of amides is 1. The van der Waals surface area contributed by atoms with E-state index in [0.717, 1.165) is 11.3 Å². The zero-order valence-corrected chi connectivity index (χ0v) is 16.3. The van der Waals surface area contributed by atoms with Gasteiger partial charge in [-0.15, -0.1) is 11.3 Å². The number of nitrogens with one attached hydrogen (secondary N) is 1. The van der Waals surface area contributed by atoms with Crippen LogP contribution < -0.4 is 10.9 Å². The molecule has 1 N–H and O–H groups in total. The van der Waals surface area contributed by atoms with Crippen LogP contribution in [-0.4, -0.2) is 20.4 Å². The van der Waals surface area contributed by atoms with Gasteiger partial charge in [0.2, 0.25) is 0 Å². The molecule has 28 heavy (non-hydrogen) atoms. The van der Waals surface area contributed by atoms with E-state index >= 15 is 0 Å². The lowest BCUT2D eigenvalue weighted by Gasteiger charge is -2.06. The minimum Gasteiger partial charge on any atom is -0.321 e. The van der Waals surface area contributed by atoms with Gasteiger partial charge in [-0.05, 0) is 37.1 Å². The van der Waals surface area contributed by atoms with Crippen molar-refractivity contribution in [1.29, 1.82) is 0 Å². The summed E-state index contributed by atoms with van der Waals surface area (Å²) in [5, 5.41) is 3.37. The van der Waals surface area contributed by atoms with E-state index in [1.54, 1.807) is 36.1 Å². The molecule has 7 heteroatoms. The number of carbonyl (C=O) groups is 1. The minimum atomic E-state index is -0.250. The summed E-state index contributed by atoms with van der Waals surface area (Å²) in [6.07, 6.45) is 3.19. The second-order valence-corrected chi connectivity index (χ2v) is 7.54. The van der Waals surface area contributed by atoms with Crippen LogP contribution in [0.2, 0.25) is 0 Å². The summed E-state index contributed by atoms with van der Waals surface area (Å²) in [4.78, 5) is 35.3. The average Bonchev–Trinajstić information content (AvgIpc) is 3.02. The number of hydrogen-bond donors (Lipinski definition) is 1. The van der Waals surface area contributed by atoms with Crippen LogP contribution in [0.4, 0.5) is 5.69 Å². The molecule has 0 spiro atoms. The third-order valence-electron chi connectivity index (χ3n) is 4.47. The Labute approximate surface area is 165 Å². The molecule has 0 saturated heterocycles.